The molecular weight excluding hydrogens is 412 g/mol. The minimum absolute atomic E-state index is 0.392. The largest absolute Gasteiger partial charge is 0.397 e. The Morgan fingerprint density at radius 2 is 2.03 bits per heavy atom. The highest BCUT2D eigenvalue weighted by molar-refractivity contribution is 5.74. The van der Waals surface area contributed by atoms with E-state index >= 15 is 0 Å². The van der Waals surface area contributed by atoms with E-state index in [0.717, 1.165) is 29.4 Å². The van der Waals surface area contributed by atoms with Gasteiger partial charge in [-0.25, -0.2) is 4.98 Å². The Labute approximate surface area is 184 Å². The summed E-state index contributed by atoms with van der Waals surface area (Å²) in [5, 5.41) is 16.1. The van der Waals surface area contributed by atoms with Crippen LogP contribution in [0.25, 0.3) is 11.0 Å². The van der Waals surface area contributed by atoms with Crippen LogP contribution in [-0.4, -0.2) is 50.9 Å². The Hall–Kier alpha value is -2.72. The fourth-order valence-corrected chi connectivity index (χ4v) is 5.05. The van der Waals surface area contributed by atoms with Crippen LogP contribution in [-0.2, 0) is 31.9 Å². The van der Waals surface area contributed by atoms with Crippen molar-refractivity contribution in [1.29, 1.82) is 0 Å². The molecule has 1 aliphatic carbocycles. The number of aliphatic hydroxyl groups excluding tert-OH is 1. The number of ether oxygens (including phenoxy) is 3. The van der Waals surface area contributed by atoms with Crippen molar-refractivity contribution >= 4 is 11.0 Å². The van der Waals surface area contributed by atoms with E-state index < -0.39 is 36.4 Å². The number of benzene rings is 1. The monoisotopic (exact) mass is 438 g/mol. The third kappa shape index (κ3) is 3.00. The first-order valence-electron chi connectivity index (χ1n) is 10.9. The molecule has 2 saturated heterocycles. The van der Waals surface area contributed by atoms with Crippen molar-refractivity contribution in [1.82, 2.24) is 14.5 Å². The molecule has 9 heteroatoms. The second kappa shape index (κ2) is 7.14. The van der Waals surface area contributed by atoms with E-state index in [1.807, 2.05) is 36.7 Å². The first kappa shape index (κ1) is 19.9. The van der Waals surface area contributed by atoms with Crippen molar-refractivity contribution in [2.75, 3.05) is 7.11 Å². The van der Waals surface area contributed by atoms with Gasteiger partial charge in [-0.15, -0.1) is 0 Å². The maximum atomic E-state index is 11.3. The van der Waals surface area contributed by atoms with Gasteiger partial charge in [0.25, 0.3) is 0 Å². The zero-order valence-electron chi connectivity index (χ0n) is 18.2. The normalized spacial score (nSPS) is 29.6. The summed E-state index contributed by atoms with van der Waals surface area (Å²) in [4.78, 5) is 12.3. The lowest BCUT2D eigenvalue weighted by Gasteiger charge is -2.28. The molecule has 3 aromatic rings. The van der Waals surface area contributed by atoms with Crippen LogP contribution in [0.1, 0.15) is 42.9 Å². The lowest BCUT2D eigenvalue weighted by atomic mass is 9.85. The molecule has 1 unspecified atom stereocenters. The number of aliphatic hydroxyl groups is 1. The molecule has 0 radical (unpaired) electrons. The van der Waals surface area contributed by atoms with Crippen molar-refractivity contribution in [3.05, 3.63) is 59.0 Å². The molecule has 0 amide bonds. The van der Waals surface area contributed by atoms with E-state index in [2.05, 4.69) is 27.3 Å². The molecule has 3 aliphatic rings. The number of fused-ring (bicyclic) bond motifs is 3. The lowest BCUT2D eigenvalue weighted by Crippen LogP contribution is -2.34. The summed E-state index contributed by atoms with van der Waals surface area (Å²) in [7, 11) is 1.49. The van der Waals surface area contributed by atoms with Crippen LogP contribution in [0, 0.1) is 0 Å². The number of nitrogens with zero attached hydrogens (tertiary/aromatic N) is 3. The van der Waals surface area contributed by atoms with E-state index in [9.17, 15) is 5.11 Å². The highest BCUT2D eigenvalue weighted by Crippen LogP contribution is 2.47. The van der Waals surface area contributed by atoms with E-state index in [4.69, 9.17) is 19.0 Å². The molecule has 32 heavy (non-hydrogen) atoms. The summed E-state index contributed by atoms with van der Waals surface area (Å²) in [6.45, 7) is 3.77. The molecule has 0 spiro atoms. The van der Waals surface area contributed by atoms with E-state index in [0.29, 0.717) is 5.49 Å². The molecule has 4 heterocycles. The molecule has 0 saturated carbocycles. The highest BCUT2D eigenvalue weighted by Gasteiger charge is 2.58. The fraction of sp³-hybridized carbons (Fsp3) is 0.478. The van der Waals surface area contributed by atoms with Crippen molar-refractivity contribution in [2.45, 2.75) is 63.1 Å². The number of H-pyrrole nitrogens is 1. The summed E-state index contributed by atoms with van der Waals surface area (Å²) in [6, 6.07) is 8.06. The Morgan fingerprint density at radius 3 is 2.78 bits per heavy atom. The molecule has 168 valence electrons. The number of rotatable bonds is 4. The Bertz CT molecular complexity index is 1250. The van der Waals surface area contributed by atoms with Crippen molar-refractivity contribution < 1.29 is 24.2 Å². The summed E-state index contributed by atoms with van der Waals surface area (Å²) in [6.07, 6.45) is 2.90. The maximum Gasteiger partial charge on any atom is 0.203 e. The van der Waals surface area contributed by atoms with Crippen molar-refractivity contribution in [3.8, 4) is 0 Å². The topological polar surface area (TPSA) is 103 Å². The maximum absolute atomic E-state index is 11.3. The lowest BCUT2D eigenvalue weighted by molar-refractivity contribution is -0.207. The zero-order chi connectivity index (χ0) is 22.0. The van der Waals surface area contributed by atoms with Gasteiger partial charge < -0.3 is 33.7 Å². The van der Waals surface area contributed by atoms with E-state index in [1.54, 1.807) is 6.33 Å². The smallest absolute Gasteiger partial charge is 0.203 e. The van der Waals surface area contributed by atoms with Gasteiger partial charge in [0.2, 0.25) is 5.49 Å². The number of aromatic amines is 1. The molecule has 9 nitrogen and oxygen atoms in total. The number of nitrogens with one attached hydrogen (secondary N) is 1. The van der Waals surface area contributed by atoms with Gasteiger partial charge in [-0.2, -0.15) is 0 Å². The Balaban J connectivity index is 1.39. The third-order valence-corrected chi connectivity index (χ3v) is 6.61. The number of hydrogen-bond donors (Lipinski definition) is 2. The van der Waals surface area contributed by atoms with Crippen molar-refractivity contribution in [2.24, 2.45) is 5.16 Å². The minimum Gasteiger partial charge on any atom is -0.397 e. The van der Waals surface area contributed by atoms with Gasteiger partial charge in [-0.3, -0.25) is 0 Å². The zero-order valence-corrected chi connectivity index (χ0v) is 18.2. The van der Waals surface area contributed by atoms with Gasteiger partial charge in [0, 0.05) is 6.20 Å². The highest BCUT2D eigenvalue weighted by atomic mass is 16.8. The van der Waals surface area contributed by atoms with Crippen LogP contribution in [0.5, 0.6) is 0 Å². The van der Waals surface area contributed by atoms with Crippen LogP contribution in [0.4, 0.5) is 0 Å². The predicted molar refractivity (Wildman–Crippen MR) is 113 cm³/mol. The first-order chi connectivity index (χ1) is 15.4. The Morgan fingerprint density at radius 1 is 1.22 bits per heavy atom. The second-order valence-corrected chi connectivity index (χ2v) is 9.01. The van der Waals surface area contributed by atoms with Crippen LogP contribution >= 0.6 is 0 Å². The molecule has 1 aromatic carbocycles. The first-order valence-corrected chi connectivity index (χ1v) is 10.9. The van der Waals surface area contributed by atoms with Crippen LogP contribution in [0.2, 0.25) is 0 Å². The summed E-state index contributed by atoms with van der Waals surface area (Å²) >= 11 is 0. The average molecular weight is 438 g/mol. The summed E-state index contributed by atoms with van der Waals surface area (Å²) in [5.74, 6) is -0.777. The molecule has 0 bridgehead atoms. The second-order valence-electron chi connectivity index (χ2n) is 9.01. The number of aryl methyl sites for hydroxylation is 2. The van der Waals surface area contributed by atoms with Gasteiger partial charge in [-0.05, 0) is 49.4 Å². The van der Waals surface area contributed by atoms with E-state index in [-0.39, 0.29) is 0 Å². The molecule has 2 fully saturated rings. The molecular formula is C23H26N4O5. The van der Waals surface area contributed by atoms with E-state index in [1.165, 1.54) is 18.2 Å². The number of hydrogen-bond acceptors (Lipinski definition) is 7. The van der Waals surface area contributed by atoms with Crippen LogP contribution in [0.3, 0.4) is 0 Å². The summed E-state index contributed by atoms with van der Waals surface area (Å²) < 4.78 is 20.8. The molecule has 6 rings (SSSR count). The minimum atomic E-state index is -0.831. The van der Waals surface area contributed by atoms with Crippen LogP contribution in [0.15, 0.2) is 41.9 Å². The summed E-state index contributed by atoms with van der Waals surface area (Å²) in [5.41, 5.74) is 4.73. The molecule has 5 atom stereocenters. The van der Waals surface area contributed by atoms with Gasteiger partial charge in [0.05, 0.1) is 11.7 Å². The van der Waals surface area contributed by atoms with Gasteiger partial charge in [-0.1, -0.05) is 23.4 Å². The van der Waals surface area contributed by atoms with Gasteiger partial charge in [0.1, 0.15) is 37.2 Å². The molecule has 2 aliphatic heterocycles. The van der Waals surface area contributed by atoms with Crippen molar-refractivity contribution in [3.63, 3.8) is 0 Å². The van der Waals surface area contributed by atoms with Crippen LogP contribution < -0.4 is 5.49 Å². The average Bonchev–Trinajstić information content (AvgIpc) is 3.40. The van der Waals surface area contributed by atoms with Gasteiger partial charge >= 0.3 is 0 Å². The number of aromatic nitrogens is 3. The SMILES string of the molecule is CO/N=c1/nc[nH]c2c1ccn2[C@@H]1O[C@H](C(O)c2ccc3c(c2)CC3)[C@H]2OC(C)(C)O[C@H]21. The van der Waals surface area contributed by atoms with Gasteiger partial charge in [0.15, 0.2) is 12.0 Å². The molecule has 2 N–H and O–H groups in total. The quantitative estimate of drug-likeness (QED) is 0.605. The standard InChI is InChI=1S/C23H26N4O5/c1-23(2)31-18-17(16(28)14-7-5-12-4-6-13(12)10-14)30-22(19(18)32-23)27-9-8-15-20(26-29-3)24-11-25-21(15)27/h5,7-11,16-19,22,28H,4,6H2,1-3H3,(H,24,25,26)/t16?,17-,18-,19-,22-/m1/s1. The third-order valence-electron chi connectivity index (χ3n) is 6.61. The molecule has 2 aromatic heterocycles. The predicted octanol–water partition coefficient (Wildman–Crippen LogP) is 2.08. The fourth-order valence-electron chi connectivity index (χ4n) is 5.05. The Kier molecular flexibility index (Phi) is 4.45.